The van der Waals surface area contributed by atoms with Crippen LogP contribution < -0.4 is 16.8 Å². The standard InChI is InChI=1S/C12H12N4O2/c1-2-6-3-4-7-8(5-6)15-11(16-12(14)18)9(7)10(13)17/h2-5,15H,1H2,(H2,13,17)(H3,14,16,18). The van der Waals surface area contributed by atoms with Crippen LogP contribution in [0.3, 0.4) is 0 Å². The molecule has 6 nitrogen and oxygen atoms in total. The van der Waals surface area contributed by atoms with Gasteiger partial charge in [0.2, 0.25) is 0 Å². The molecule has 0 saturated heterocycles. The Hall–Kier alpha value is -2.76. The Balaban J connectivity index is 2.69. The van der Waals surface area contributed by atoms with Crippen LogP contribution >= 0.6 is 0 Å². The number of hydrogen-bond acceptors (Lipinski definition) is 2. The van der Waals surface area contributed by atoms with Gasteiger partial charge in [0, 0.05) is 10.9 Å². The molecule has 0 unspecified atom stereocenters. The van der Waals surface area contributed by atoms with Gasteiger partial charge in [-0.3, -0.25) is 10.1 Å². The average molecular weight is 244 g/mol. The van der Waals surface area contributed by atoms with Crippen LogP contribution in [0.25, 0.3) is 17.0 Å². The van der Waals surface area contributed by atoms with E-state index in [1.54, 1.807) is 24.3 Å². The largest absolute Gasteiger partial charge is 0.365 e. The number of fused-ring (bicyclic) bond motifs is 1. The number of rotatable bonds is 3. The van der Waals surface area contributed by atoms with Crippen LogP contribution in [0.4, 0.5) is 10.6 Å². The van der Waals surface area contributed by atoms with Crippen LogP contribution in [0.2, 0.25) is 0 Å². The molecule has 2 aromatic rings. The number of carbonyl (C=O) groups is 2. The van der Waals surface area contributed by atoms with Crippen molar-refractivity contribution in [3.05, 3.63) is 35.9 Å². The molecule has 1 aromatic carbocycles. The van der Waals surface area contributed by atoms with E-state index in [1.807, 2.05) is 0 Å². The van der Waals surface area contributed by atoms with E-state index >= 15 is 0 Å². The summed E-state index contributed by atoms with van der Waals surface area (Å²) in [4.78, 5) is 25.2. The molecule has 92 valence electrons. The van der Waals surface area contributed by atoms with Crippen LogP contribution in [0.5, 0.6) is 0 Å². The summed E-state index contributed by atoms with van der Waals surface area (Å²) in [5.41, 5.74) is 12.1. The molecule has 0 aliphatic heterocycles. The Bertz CT molecular complexity index is 657. The molecule has 0 bridgehead atoms. The minimum absolute atomic E-state index is 0.200. The molecule has 6 heteroatoms. The van der Waals surface area contributed by atoms with Gasteiger partial charge in [-0.15, -0.1) is 0 Å². The maximum atomic E-state index is 11.4. The van der Waals surface area contributed by atoms with Crippen molar-refractivity contribution in [2.24, 2.45) is 11.5 Å². The number of H-pyrrole nitrogens is 1. The highest BCUT2D eigenvalue weighted by molar-refractivity contribution is 6.13. The highest BCUT2D eigenvalue weighted by atomic mass is 16.2. The van der Waals surface area contributed by atoms with E-state index in [4.69, 9.17) is 11.5 Å². The molecule has 3 amide bonds. The fourth-order valence-corrected chi connectivity index (χ4v) is 1.81. The minimum atomic E-state index is -0.770. The van der Waals surface area contributed by atoms with Crippen molar-refractivity contribution in [1.29, 1.82) is 0 Å². The van der Waals surface area contributed by atoms with Gasteiger partial charge in [-0.05, 0) is 11.6 Å². The van der Waals surface area contributed by atoms with Crippen LogP contribution in [-0.2, 0) is 0 Å². The molecule has 0 fully saturated rings. The number of primary amides is 2. The number of carbonyl (C=O) groups excluding carboxylic acids is 2. The van der Waals surface area contributed by atoms with Crippen molar-refractivity contribution in [3.63, 3.8) is 0 Å². The maximum absolute atomic E-state index is 11.4. The first kappa shape index (κ1) is 11.7. The fraction of sp³-hybridized carbons (Fsp3) is 0. The summed E-state index contributed by atoms with van der Waals surface area (Å²) in [6, 6.07) is 4.55. The number of nitrogens with two attached hydrogens (primary N) is 2. The molecule has 1 aromatic heterocycles. The Morgan fingerprint density at radius 2 is 2.06 bits per heavy atom. The summed E-state index contributed by atoms with van der Waals surface area (Å²) in [5.74, 6) is -0.442. The monoisotopic (exact) mass is 244 g/mol. The smallest absolute Gasteiger partial charge is 0.317 e. The first-order valence-electron chi connectivity index (χ1n) is 5.17. The van der Waals surface area contributed by atoms with Gasteiger partial charge in [0.15, 0.2) is 0 Å². The zero-order valence-electron chi connectivity index (χ0n) is 9.49. The molecular weight excluding hydrogens is 232 g/mol. The Morgan fingerprint density at radius 3 is 2.61 bits per heavy atom. The van der Waals surface area contributed by atoms with E-state index < -0.39 is 11.9 Å². The highest BCUT2D eigenvalue weighted by Crippen LogP contribution is 2.27. The molecule has 0 aliphatic carbocycles. The van der Waals surface area contributed by atoms with E-state index in [0.29, 0.717) is 10.9 Å². The average Bonchev–Trinajstić information content (AvgIpc) is 2.64. The number of benzene rings is 1. The van der Waals surface area contributed by atoms with Gasteiger partial charge in [-0.2, -0.15) is 0 Å². The second kappa shape index (κ2) is 4.25. The Morgan fingerprint density at radius 1 is 1.33 bits per heavy atom. The first-order chi connectivity index (χ1) is 8.52. The molecular formula is C12H12N4O2. The molecule has 0 radical (unpaired) electrons. The summed E-state index contributed by atoms with van der Waals surface area (Å²) in [5, 5.41) is 2.96. The van der Waals surface area contributed by atoms with Crippen molar-refractivity contribution in [3.8, 4) is 0 Å². The number of anilines is 1. The summed E-state index contributed by atoms with van der Waals surface area (Å²) in [6.45, 7) is 3.66. The number of urea groups is 1. The SMILES string of the molecule is C=Cc1ccc2c(C(N)=O)c(NC(N)=O)[nH]c2c1. The summed E-state index contributed by atoms with van der Waals surface area (Å²) < 4.78 is 0. The zero-order chi connectivity index (χ0) is 13.3. The topological polar surface area (TPSA) is 114 Å². The van der Waals surface area contributed by atoms with E-state index in [0.717, 1.165) is 5.56 Å². The molecule has 0 spiro atoms. The lowest BCUT2D eigenvalue weighted by atomic mass is 10.1. The van der Waals surface area contributed by atoms with Crippen molar-refractivity contribution in [1.82, 2.24) is 4.98 Å². The maximum Gasteiger partial charge on any atom is 0.317 e. The molecule has 2 rings (SSSR count). The molecule has 0 saturated carbocycles. The van der Waals surface area contributed by atoms with Crippen molar-refractivity contribution in [2.45, 2.75) is 0 Å². The van der Waals surface area contributed by atoms with Gasteiger partial charge in [0.05, 0.1) is 5.56 Å². The van der Waals surface area contributed by atoms with Crippen molar-refractivity contribution >= 4 is 34.7 Å². The van der Waals surface area contributed by atoms with Crippen molar-refractivity contribution in [2.75, 3.05) is 5.32 Å². The summed E-state index contributed by atoms with van der Waals surface area (Å²) in [7, 11) is 0. The second-order valence-corrected chi connectivity index (χ2v) is 3.74. The third kappa shape index (κ3) is 1.91. The molecule has 18 heavy (non-hydrogen) atoms. The number of aromatic nitrogens is 1. The minimum Gasteiger partial charge on any atom is -0.365 e. The third-order valence-corrected chi connectivity index (χ3v) is 2.55. The normalized spacial score (nSPS) is 10.2. The third-order valence-electron chi connectivity index (χ3n) is 2.55. The van der Waals surface area contributed by atoms with Crippen LogP contribution in [0, 0.1) is 0 Å². The van der Waals surface area contributed by atoms with Gasteiger partial charge in [0.25, 0.3) is 5.91 Å². The van der Waals surface area contributed by atoms with Gasteiger partial charge >= 0.3 is 6.03 Å². The number of aromatic amines is 1. The van der Waals surface area contributed by atoms with E-state index in [-0.39, 0.29) is 11.4 Å². The molecule has 0 aliphatic rings. The predicted octanol–water partition coefficient (Wildman–Crippen LogP) is 1.40. The van der Waals surface area contributed by atoms with Crippen LogP contribution in [-0.4, -0.2) is 16.9 Å². The first-order valence-corrected chi connectivity index (χ1v) is 5.17. The van der Waals surface area contributed by atoms with E-state index in [1.165, 1.54) is 0 Å². The Kier molecular flexibility index (Phi) is 2.77. The number of amides is 3. The molecule has 6 N–H and O–H groups in total. The fourth-order valence-electron chi connectivity index (χ4n) is 1.81. The zero-order valence-corrected chi connectivity index (χ0v) is 9.49. The summed E-state index contributed by atoms with van der Waals surface area (Å²) >= 11 is 0. The van der Waals surface area contributed by atoms with Gasteiger partial charge in [0.1, 0.15) is 5.82 Å². The molecule has 0 atom stereocenters. The van der Waals surface area contributed by atoms with Crippen LogP contribution in [0.15, 0.2) is 24.8 Å². The quantitative estimate of drug-likeness (QED) is 0.653. The summed E-state index contributed by atoms with van der Waals surface area (Å²) in [6.07, 6.45) is 1.67. The second-order valence-electron chi connectivity index (χ2n) is 3.74. The lowest BCUT2D eigenvalue weighted by Crippen LogP contribution is -2.22. The Labute approximate surface area is 103 Å². The highest BCUT2D eigenvalue weighted by Gasteiger charge is 2.17. The van der Waals surface area contributed by atoms with Crippen molar-refractivity contribution < 1.29 is 9.59 Å². The molecule has 1 heterocycles. The number of nitrogens with one attached hydrogen (secondary N) is 2. The number of hydrogen-bond donors (Lipinski definition) is 4. The predicted molar refractivity (Wildman–Crippen MR) is 70.1 cm³/mol. The lowest BCUT2D eigenvalue weighted by Gasteiger charge is -2.00. The van der Waals surface area contributed by atoms with Gasteiger partial charge < -0.3 is 16.5 Å². The van der Waals surface area contributed by atoms with Gasteiger partial charge in [-0.25, -0.2) is 4.79 Å². The van der Waals surface area contributed by atoms with E-state index in [2.05, 4.69) is 16.9 Å². The van der Waals surface area contributed by atoms with Gasteiger partial charge in [-0.1, -0.05) is 24.8 Å². The van der Waals surface area contributed by atoms with Crippen LogP contribution in [0.1, 0.15) is 15.9 Å². The van der Waals surface area contributed by atoms with E-state index in [9.17, 15) is 9.59 Å². The lowest BCUT2D eigenvalue weighted by molar-refractivity contribution is 0.100.